The van der Waals surface area contributed by atoms with E-state index in [1.807, 2.05) is 60.9 Å². The number of nitrogens with one attached hydrogen (secondary N) is 1. The van der Waals surface area contributed by atoms with Gasteiger partial charge in [0.25, 0.3) is 0 Å². The first kappa shape index (κ1) is 21.9. The molecule has 30 heavy (non-hydrogen) atoms. The van der Waals surface area contributed by atoms with Gasteiger partial charge in [-0.15, -0.1) is 0 Å². The number of ether oxygens (including phenoxy) is 2. The summed E-state index contributed by atoms with van der Waals surface area (Å²) >= 11 is 3.54. The molecular formula is C23H26BrN3O3. The van der Waals surface area contributed by atoms with E-state index in [4.69, 9.17) is 9.47 Å². The van der Waals surface area contributed by atoms with Crippen molar-refractivity contribution < 1.29 is 14.3 Å². The molecule has 1 aromatic heterocycles. The first-order chi connectivity index (χ1) is 14.4. The summed E-state index contributed by atoms with van der Waals surface area (Å²) in [6.45, 7) is 4.03. The normalized spacial score (nSPS) is 13.3. The first-order valence-corrected chi connectivity index (χ1v) is 10.8. The molecule has 2 atom stereocenters. The van der Waals surface area contributed by atoms with Crippen LogP contribution in [0, 0.1) is 5.41 Å². The fourth-order valence-corrected chi connectivity index (χ4v) is 3.37. The van der Waals surface area contributed by atoms with Gasteiger partial charge in [-0.25, -0.2) is 9.78 Å². The number of rotatable bonds is 8. The average molecular weight is 472 g/mol. The lowest BCUT2D eigenvalue weighted by atomic mass is 9.87. The van der Waals surface area contributed by atoms with Gasteiger partial charge in [0.2, 0.25) is 6.23 Å². The van der Waals surface area contributed by atoms with Crippen LogP contribution in [0.3, 0.4) is 0 Å². The largest absolute Gasteiger partial charge is 0.466 e. The van der Waals surface area contributed by atoms with Gasteiger partial charge in [-0.05, 0) is 23.3 Å². The summed E-state index contributed by atoms with van der Waals surface area (Å²) in [6.07, 6.45) is 3.44. The van der Waals surface area contributed by atoms with Crippen LogP contribution in [0.4, 0.5) is 4.79 Å². The minimum absolute atomic E-state index is 0.411. The van der Waals surface area contributed by atoms with Gasteiger partial charge >= 0.3 is 6.09 Å². The van der Waals surface area contributed by atoms with E-state index in [2.05, 4.69) is 38.4 Å². The summed E-state index contributed by atoms with van der Waals surface area (Å²) in [5.74, 6) is 0.671. The third kappa shape index (κ3) is 5.21. The molecule has 0 fully saturated rings. The SMILES string of the molecule is CNC(=O)OC(C(Oc1ccc(-c2ccccc2)cc1)n1ccnc1)C(C)(C)CBr. The topological polar surface area (TPSA) is 65.4 Å². The number of alkyl halides is 1. The maximum atomic E-state index is 12.1. The van der Waals surface area contributed by atoms with Crippen molar-refractivity contribution in [2.75, 3.05) is 12.4 Å². The van der Waals surface area contributed by atoms with E-state index in [-0.39, 0.29) is 0 Å². The molecule has 3 rings (SSSR count). The molecule has 6 nitrogen and oxygen atoms in total. The number of alkyl carbamates (subject to hydrolysis) is 1. The summed E-state index contributed by atoms with van der Waals surface area (Å²) in [7, 11) is 1.54. The second kappa shape index (κ2) is 9.80. The Bertz CT molecular complexity index is 928. The average Bonchev–Trinajstić information content (AvgIpc) is 3.31. The molecule has 7 heteroatoms. The molecule has 1 heterocycles. The molecular weight excluding hydrogens is 446 g/mol. The molecule has 0 bridgehead atoms. The van der Waals surface area contributed by atoms with Crippen molar-refractivity contribution in [3.63, 3.8) is 0 Å². The number of imidazole rings is 1. The minimum atomic E-state index is -0.597. The number of nitrogens with zero attached hydrogens (tertiary/aromatic N) is 2. The number of hydrogen-bond acceptors (Lipinski definition) is 4. The van der Waals surface area contributed by atoms with Crippen molar-refractivity contribution in [3.05, 3.63) is 73.3 Å². The van der Waals surface area contributed by atoms with Crippen LogP contribution in [0.5, 0.6) is 5.75 Å². The van der Waals surface area contributed by atoms with Crippen LogP contribution >= 0.6 is 15.9 Å². The van der Waals surface area contributed by atoms with Crippen LogP contribution in [-0.4, -0.2) is 34.1 Å². The van der Waals surface area contributed by atoms with Crippen LogP contribution < -0.4 is 10.1 Å². The van der Waals surface area contributed by atoms with Crippen LogP contribution in [-0.2, 0) is 4.74 Å². The highest BCUT2D eigenvalue weighted by Gasteiger charge is 2.41. The fraction of sp³-hybridized carbons (Fsp3) is 0.304. The zero-order valence-electron chi connectivity index (χ0n) is 17.3. The maximum Gasteiger partial charge on any atom is 0.407 e. The Morgan fingerprint density at radius 2 is 1.80 bits per heavy atom. The predicted molar refractivity (Wildman–Crippen MR) is 121 cm³/mol. The van der Waals surface area contributed by atoms with Crippen molar-refractivity contribution in [1.29, 1.82) is 0 Å². The van der Waals surface area contributed by atoms with Crippen LogP contribution in [0.2, 0.25) is 0 Å². The van der Waals surface area contributed by atoms with E-state index in [1.165, 1.54) is 7.05 Å². The molecule has 2 aromatic carbocycles. The monoisotopic (exact) mass is 471 g/mol. The first-order valence-electron chi connectivity index (χ1n) is 9.68. The number of amides is 1. The quantitative estimate of drug-likeness (QED) is 0.454. The Morgan fingerprint density at radius 1 is 1.13 bits per heavy atom. The summed E-state index contributed by atoms with van der Waals surface area (Å²) in [5, 5.41) is 3.14. The Labute approximate surface area is 185 Å². The molecule has 2 unspecified atom stereocenters. The van der Waals surface area contributed by atoms with Gasteiger partial charge < -0.3 is 14.8 Å². The number of hydrogen-bond donors (Lipinski definition) is 1. The van der Waals surface area contributed by atoms with Gasteiger partial charge in [0.05, 0.1) is 6.33 Å². The van der Waals surface area contributed by atoms with Crippen LogP contribution in [0.25, 0.3) is 11.1 Å². The van der Waals surface area contributed by atoms with Gasteiger partial charge in [-0.1, -0.05) is 72.2 Å². The molecule has 0 aliphatic rings. The van der Waals surface area contributed by atoms with E-state index in [0.29, 0.717) is 11.1 Å². The molecule has 0 aliphatic carbocycles. The van der Waals surface area contributed by atoms with Gasteiger partial charge in [-0.3, -0.25) is 4.57 Å². The highest BCUT2D eigenvalue weighted by atomic mass is 79.9. The Balaban J connectivity index is 1.91. The highest BCUT2D eigenvalue weighted by molar-refractivity contribution is 9.09. The predicted octanol–water partition coefficient (Wildman–Crippen LogP) is 5.27. The zero-order chi connectivity index (χ0) is 21.6. The molecule has 0 saturated heterocycles. The fourth-order valence-electron chi connectivity index (χ4n) is 3.05. The summed E-state index contributed by atoms with van der Waals surface area (Å²) in [4.78, 5) is 16.2. The standard InChI is InChI=1S/C23H26BrN3O3/c1-23(2,15-24)20(30-22(28)25-3)21(27-14-13-26-16-27)29-19-11-9-18(10-12-19)17-7-5-4-6-8-17/h4-14,16,20-21H,15H2,1-3H3,(H,25,28). The second-order valence-corrected chi connectivity index (χ2v) is 8.17. The number of aromatic nitrogens is 2. The van der Waals surface area contributed by atoms with Crippen LogP contribution in [0.1, 0.15) is 20.1 Å². The van der Waals surface area contributed by atoms with Crippen LogP contribution in [0.15, 0.2) is 73.3 Å². The van der Waals surface area contributed by atoms with Crippen molar-refractivity contribution in [2.24, 2.45) is 5.41 Å². The van der Waals surface area contributed by atoms with Crippen molar-refractivity contribution >= 4 is 22.0 Å². The van der Waals surface area contributed by atoms with Gasteiger partial charge in [0.1, 0.15) is 5.75 Å². The van der Waals surface area contributed by atoms with E-state index in [1.54, 1.807) is 18.7 Å². The maximum absolute atomic E-state index is 12.1. The third-order valence-electron chi connectivity index (χ3n) is 4.85. The van der Waals surface area contributed by atoms with E-state index in [0.717, 1.165) is 11.1 Å². The third-order valence-corrected chi connectivity index (χ3v) is 6.29. The lowest BCUT2D eigenvalue weighted by molar-refractivity contribution is -0.0719. The van der Waals surface area contributed by atoms with E-state index < -0.39 is 23.8 Å². The Morgan fingerprint density at radius 3 is 2.37 bits per heavy atom. The zero-order valence-corrected chi connectivity index (χ0v) is 18.9. The Kier molecular flexibility index (Phi) is 7.15. The van der Waals surface area contributed by atoms with E-state index in [9.17, 15) is 4.79 Å². The molecule has 158 valence electrons. The lowest BCUT2D eigenvalue weighted by Gasteiger charge is -2.37. The Hall–Kier alpha value is -2.80. The second-order valence-electron chi connectivity index (χ2n) is 7.61. The van der Waals surface area contributed by atoms with Gasteiger partial charge in [0, 0.05) is 30.2 Å². The summed E-state index contributed by atoms with van der Waals surface area (Å²) in [5.41, 5.74) is 1.82. The molecule has 0 spiro atoms. The summed E-state index contributed by atoms with van der Waals surface area (Å²) < 4.78 is 13.9. The molecule has 0 radical (unpaired) electrons. The number of benzene rings is 2. The molecule has 0 saturated carbocycles. The smallest absolute Gasteiger partial charge is 0.407 e. The number of carbonyl (C=O) groups excluding carboxylic acids is 1. The molecule has 0 aliphatic heterocycles. The van der Waals surface area contributed by atoms with Crippen molar-refractivity contribution in [1.82, 2.24) is 14.9 Å². The van der Waals surface area contributed by atoms with Gasteiger partial charge in [0.15, 0.2) is 6.10 Å². The minimum Gasteiger partial charge on any atom is -0.466 e. The molecule has 3 aromatic rings. The molecule has 1 N–H and O–H groups in total. The van der Waals surface area contributed by atoms with Crippen molar-refractivity contribution in [2.45, 2.75) is 26.2 Å². The van der Waals surface area contributed by atoms with E-state index >= 15 is 0 Å². The van der Waals surface area contributed by atoms with Gasteiger partial charge in [-0.2, -0.15) is 0 Å². The number of carbonyl (C=O) groups is 1. The highest BCUT2D eigenvalue weighted by Crippen LogP contribution is 2.35. The lowest BCUT2D eigenvalue weighted by Crippen LogP contribution is -2.45. The number of halogens is 1. The molecule has 1 amide bonds. The summed E-state index contributed by atoms with van der Waals surface area (Å²) in [6, 6.07) is 18.0. The van der Waals surface area contributed by atoms with Crippen molar-refractivity contribution in [3.8, 4) is 16.9 Å².